The van der Waals surface area contributed by atoms with E-state index in [1.54, 1.807) is 0 Å². The normalized spacial score (nSPS) is 11.0. The summed E-state index contributed by atoms with van der Waals surface area (Å²) in [5.41, 5.74) is 5.65. The Hall–Kier alpha value is -1.76. The lowest BCUT2D eigenvalue weighted by atomic mass is 10.00. The lowest BCUT2D eigenvalue weighted by Gasteiger charge is -2.17. The van der Waals surface area contributed by atoms with Gasteiger partial charge in [-0.25, -0.2) is 0 Å². The van der Waals surface area contributed by atoms with Gasteiger partial charge in [-0.3, -0.25) is 0 Å². The number of ether oxygens (including phenoxy) is 1. The van der Waals surface area contributed by atoms with Gasteiger partial charge in [0.2, 0.25) is 0 Å². The van der Waals surface area contributed by atoms with E-state index in [9.17, 15) is 0 Å². The zero-order chi connectivity index (χ0) is 20.9. The molecule has 0 unspecified atom stereocenters. The third kappa shape index (κ3) is 7.88. The summed E-state index contributed by atoms with van der Waals surface area (Å²) < 4.78 is 6.55. The Labute approximate surface area is 179 Å². The molecule has 2 rings (SSSR count). The van der Waals surface area contributed by atoms with E-state index in [0.717, 1.165) is 24.3 Å². The largest absolute Gasteiger partial charge is 0.457 e. The maximum absolute atomic E-state index is 6.55. The Balaban J connectivity index is 2.27. The summed E-state index contributed by atoms with van der Waals surface area (Å²) in [6, 6.07) is 13.7. The number of hydrogen-bond donors (Lipinski definition) is 0. The molecule has 0 spiro atoms. The van der Waals surface area contributed by atoms with Gasteiger partial charge in [-0.15, -0.1) is 0 Å². The molecule has 29 heavy (non-hydrogen) atoms. The van der Waals surface area contributed by atoms with Crippen LogP contribution in [0.5, 0.6) is 11.5 Å². The highest BCUT2D eigenvalue weighted by Crippen LogP contribution is 2.32. The second-order valence-corrected chi connectivity index (χ2v) is 8.40. The second-order valence-electron chi connectivity index (χ2n) is 8.40. The van der Waals surface area contributed by atoms with Crippen molar-refractivity contribution in [1.82, 2.24) is 0 Å². The number of rotatable bonds is 14. The maximum Gasteiger partial charge on any atom is 0.130 e. The highest BCUT2D eigenvalue weighted by Gasteiger charge is 2.11. The quantitative estimate of drug-likeness (QED) is 0.311. The first kappa shape index (κ1) is 23.5. The molecule has 0 atom stereocenters. The predicted octanol–water partition coefficient (Wildman–Crippen LogP) is 8.85. The first-order valence-corrected chi connectivity index (χ1v) is 12.1. The number of unbranched alkanes of at least 4 members (excludes halogenated alkanes) is 4. The Morgan fingerprint density at radius 3 is 1.28 bits per heavy atom. The third-order valence-corrected chi connectivity index (χ3v) is 5.71. The van der Waals surface area contributed by atoms with E-state index in [-0.39, 0.29) is 0 Å². The van der Waals surface area contributed by atoms with Gasteiger partial charge in [0, 0.05) is 0 Å². The molecule has 0 aliphatic rings. The molecule has 0 aliphatic carbocycles. The van der Waals surface area contributed by atoms with Crippen LogP contribution >= 0.6 is 0 Å². The van der Waals surface area contributed by atoms with Crippen molar-refractivity contribution in [2.45, 2.75) is 105 Å². The highest BCUT2D eigenvalue weighted by molar-refractivity contribution is 5.44. The van der Waals surface area contributed by atoms with Gasteiger partial charge in [-0.1, -0.05) is 77.6 Å². The highest BCUT2D eigenvalue weighted by atomic mass is 16.5. The first-order valence-electron chi connectivity index (χ1n) is 12.1. The summed E-state index contributed by atoms with van der Waals surface area (Å²) in [5.74, 6) is 2.11. The van der Waals surface area contributed by atoms with Gasteiger partial charge in [0.15, 0.2) is 0 Å². The minimum atomic E-state index is 1.05. The average Bonchev–Trinajstić information content (AvgIpc) is 2.75. The first-order chi connectivity index (χ1) is 14.2. The van der Waals surface area contributed by atoms with Crippen molar-refractivity contribution in [2.75, 3.05) is 0 Å². The third-order valence-electron chi connectivity index (χ3n) is 5.71. The van der Waals surface area contributed by atoms with Crippen molar-refractivity contribution < 1.29 is 4.74 Å². The van der Waals surface area contributed by atoms with Crippen LogP contribution < -0.4 is 4.74 Å². The van der Waals surface area contributed by atoms with Crippen molar-refractivity contribution in [3.8, 4) is 11.5 Å². The van der Waals surface area contributed by atoms with Gasteiger partial charge in [-0.2, -0.15) is 0 Å². The fraction of sp³-hybridized carbons (Fsp3) is 0.571. The molecule has 0 aliphatic heterocycles. The Morgan fingerprint density at radius 1 is 0.517 bits per heavy atom. The molecule has 0 saturated heterocycles. The van der Waals surface area contributed by atoms with Gasteiger partial charge in [0.25, 0.3) is 0 Å². The summed E-state index contributed by atoms with van der Waals surface area (Å²) in [6.45, 7) is 9.05. The Morgan fingerprint density at radius 2 is 0.897 bits per heavy atom. The van der Waals surface area contributed by atoms with E-state index in [4.69, 9.17) is 4.74 Å². The summed E-state index contributed by atoms with van der Waals surface area (Å²) >= 11 is 0. The molecule has 1 heteroatoms. The SMILES string of the molecule is CCCCc1ccc(Oc2ccc(CCCC)cc2CCCC)c(CCCC)c1. The zero-order valence-electron chi connectivity index (χ0n) is 19.4. The topological polar surface area (TPSA) is 9.23 Å². The Bertz CT molecular complexity index is 655. The molecule has 0 aromatic heterocycles. The van der Waals surface area contributed by atoms with Crippen molar-refractivity contribution >= 4 is 0 Å². The molecule has 1 nitrogen and oxygen atoms in total. The van der Waals surface area contributed by atoms with E-state index in [1.165, 1.54) is 86.5 Å². The van der Waals surface area contributed by atoms with Gasteiger partial charge >= 0.3 is 0 Å². The summed E-state index contributed by atoms with van der Waals surface area (Å²) in [7, 11) is 0. The monoisotopic (exact) mass is 394 g/mol. The molecule has 0 radical (unpaired) electrons. The van der Waals surface area contributed by atoms with Gasteiger partial charge < -0.3 is 4.74 Å². The van der Waals surface area contributed by atoms with Crippen LogP contribution in [0.1, 0.15) is 101 Å². The van der Waals surface area contributed by atoms with Gasteiger partial charge in [-0.05, 0) is 85.8 Å². The van der Waals surface area contributed by atoms with Crippen LogP contribution in [-0.2, 0) is 25.7 Å². The summed E-state index contributed by atoms with van der Waals surface area (Å²) in [6.07, 6.45) is 14.4. The number of aryl methyl sites for hydroxylation is 4. The molecule has 0 saturated carbocycles. The van der Waals surface area contributed by atoms with Crippen LogP contribution in [0.4, 0.5) is 0 Å². The zero-order valence-corrected chi connectivity index (χ0v) is 19.4. The predicted molar refractivity (Wildman–Crippen MR) is 127 cm³/mol. The standard InChI is InChI=1S/C28H42O/c1-5-9-13-23-17-19-27(25(21-23)15-11-7-3)29-28-20-18-24(14-10-6-2)22-26(28)16-12-8-4/h17-22H,5-16H2,1-4H3. The summed E-state index contributed by atoms with van der Waals surface area (Å²) in [5, 5.41) is 0. The van der Waals surface area contributed by atoms with Crippen molar-refractivity contribution in [3.05, 3.63) is 58.7 Å². The molecule has 2 aromatic carbocycles. The lowest BCUT2D eigenvalue weighted by Crippen LogP contribution is -1.99. The van der Waals surface area contributed by atoms with E-state index < -0.39 is 0 Å². The number of hydrogen-bond acceptors (Lipinski definition) is 1. The molecular weight excluding hydrogens is 352 g/mol. The smallest absolute Gasteiger partial charge is 0.130 e. The van der Waals surface area contributed by atoms with Crippen molar-refractivity contribution in [2.24, 2.45) is 0 Å². The fourth-order valence-electron chi connectivity index (χ4n) is 3.78. The minimum absolute atomic E-state index is 1.05. The van der Waals surface area contributed by atoms with E-state index in [2.05, 4.69) is 64.1 Å². The van der Waals surface area contributed by atoms with E-state index in [1.807, 2.05) is 0 Å². The van der Waals surface area contributed by atoms with Crippen LogP contribution in [0.2, 0.25) is 0 Å². The molecule has 0 amide bonds. The molecular formula is C28H42O. The molecule has 0 bridgehead atoms. The van der Waals surface area contributed by atoms with E-state index >= 15 is 0 Å². The van der Waals surface area contributed by atoms with Crippen LogP contribution in [0, 0.1) is 0 Å². The molecule has 0 fully saturated rings. The minimum Gasteiger partial charge on any atom is -0.457 e. The van der Waals surface area contributed by atoms with E-state index in [0.29, 0.717) is 0 Å². The van der Waals surface area contributed by atoms with Crippen LogP contribution in [0.3, 0.4) is 0 Å². The lowest BCUT2D eigenvalue weighted by molar-refractivity contribution is 0.467. The molecule has 0 N–H and O–H groups in total. The fourth-order valence-corrected chi connectivity index (χ4v) is 3.78. The maximum atomic E-state index is 6.55. The average molecular weight is 395 g/mol. The van der Waals surface area contributed by atoms with Crippen LogP contribution in [-0.4, -0.2) is 0 Å². The molecule has 160 valence electrons. The van der Waals surface area contributed by atoms with Crippen molar-refractivity contribution in [3.63, 3.8) is 0 Å². The number of benzene rings is 2. The van der Waals surface area contributed by atoms with Crippen LogP contribution in [0.15, 0.2) is 36.4 Å². The van der Waals surface area contributed by atoms with Gasteiger partial charge in [0.1, 0.15) is 11.5 Å². The van der Waals surface area contributed by atoms with Crippen LogP contribution in [0.25, 0.3) is 0 Å². The molecule has 2 aromatic rings. The van der Waals surface area contributed by atoms with Crippen molar-refractivity contribution in [1.29, 1.82) is 0 Å². The molecule has 0 heterocycles. The summed E-state index contributed by atoms with van der Waals surface area (Å²) in [4.78, 5) is 0. The Kier molecular flexibility index (Phi) is 10.9. The second kappa shape index (κ2) is 13.5. The van der Waals surface area contributed by atoms with Gasteiger partial charge in [0.05, 0.1) is 0 Å².